The molecule has 17 aromatic rings. The van der Waals surface area contributed by atoms with Crippen LogP contribution in [-0.2, 0) is 0 Å². The highest BCUT2D eigenvalue weighted by molar-refractivity contribution is 7.26. The summed E-state index contributed by atoms with van der Waals surface area (Å²) in [6, 6.07) is 87.5. The van der Waals surface area contributed by atoms with Crippen LogP contribution in [0.15, 0.2) is 231 Å². The third-order valence-corrected chi connectivity index (χ3v) is 18.5. The molecule has 72 heavy (non-hydrogen) atoms. The lowest BCUT2D eigenvalue weighted by molar-refractivity contribution is 0.983. The van der Waals surface area contributed by atoms with Gasteiger partial charge in [0.25, 0.3) is 0 Å². The van der Waals surface area contributed by atoms with Crippen molar-refractivity contribution in [2.24, 2.45) is 0 Å². The summed E-state index contributed by atoms with van der Waals surface area (Å²) >= 11 is 3.76. The average molecular weight is 949 g/mol. The van der Waals surface area contributed by atoms with Gasteiger partial charge < -0.3 is 8.80 Å². The van der Waals surface area contributed by atoms with Crippen LogP contribution in [0.5, 0.6) is 0 Å². The number of para-hydroxylation sites is 2. The largest absolute Gasteiger partial charge is 0.308 e. The van der Waals surface area contributed by atoms with E-state index in [2.05, 4.69) is 239 Å². The van der Waals surface area contributed by atoms with Gasteiger partial charge in [-0.3, -0.25) is 0 Å². The average Bonchev–Trinajstić information content (AvgIpc) is 4.28. The maximum Gasteiger partial charge on any atom is 0.0620 e. The first-order chi connectivity index (χ1) is 35.7. The number of benzene rings is 11. The number of aromatic nitrogens is 2. The third kappa shape index (κ3) is 5.32. The summed E-state index contributed by atoms with van der Waals surface area (Å²) in [6.45, 7) is 0. The number of fused-ring (bicyclic) bond motifs is 18. The summed E-state index contributed by atoms with van der Waals surface area (Å²) in [7, 11) is 0. The third-order valence-electron chi connectivity index (χ3n) is 16.2. The van der Waals surface area contributed by atoms with E-state index in [0.717, 1.165) is 0 Å². The standard InChI is InChI=1S/C68H40N2S2/c1-3-13-39(14-4-1)65(43-27-31-63-55(35-43)45-17-7-9-23-61(45)71-63)41-25-29-57-51(33-41)47-19-11-21-49-53-38-60-54(37-59(53)69(57)67(47)49)50-22-12-20-48-52-34-42(26-30-58(52)70(60)68(48)50)66(40-15-5-2-6-16-40)44-28-32-64-56(36-44)46-18-8-10-24-62(46)72-64/h1-38,65-66H. The Labute approximate surface area is 421 Å². The van der Waals surface area contributed by atoms with Gasteiger partial charge in [-0.05, 0) is 106 Å². The fourth-order valence-electron chi connectivity index (χ4n) is 13.1. The van der Waals surface area contributed by atoms with E-state index in [9.17, 15) is 0 Å². The SMILES string of the molecule is c1ccc(C(c2ccc3sc4ccccc4c3c2)c2ccc3c(c2)c2cccc4c5cc6c(cc5n3c24)c2cccc3c4cc(C(c5ccccc5)c5ccc7sc8ccccc8c7c5)ccc4n6c32)cc1. The van der Waals surface area contributed by atoms with E-state index in [1.54, 1.807) is 0 Å². The van der Waals surface area contributed by atoms with Crippen LogP contribution >= 0.6 is 22.7 Å². The lowest BCUT2D eigenvalue weighted by Gasteiger charge is -2.19. The Morgan fingerprint density at radius 1 is 0.222 bits per heavy atom. The molecule has 2 nitrogen and oxygen atoms in total. The van der Waals surface area contributed by atoms with Gasteiger partial charge in [-0.2, -0.15) is 0 Å². The summed E-state index contributed by atoms with van der Waals surface area (Å²) < 4.78 is 10.5. The van der Waals surface area contributed by atoms with Crippen molar-refractivity contribution in [1.82, 2.24) is 8.80 Å². The monoisotopic (exact) mass is 948 g/mol. The molecular weight excluding hydrogens is 909 g/mol. The van der Waals surface area contributed by atoms with Gasteiger partial charge in [-0.15, -0.1) is 22.7 Å². The fraction of sp³-hybridized carbons (Fsp3) is 0.0294. The Hall–Kier alpha value is -8.54. The highest BCUT2D eigenvalue weighted by Crippen LogP contribution is 2.48. The Morgan fingerprint density at radius 3 is 0.986 bits per heavy atom. The molecular formula is C68H40N2S2. The summed E-state index contributed by atoms with van der Waals surface area (Å²) in [5.41, 5.74) is 15.5. The molecule has 0 aliphatic heterocycles. The van der Waals surface area contributed by atoms with Crippen molar-refractivity contribution in [3.8, 4) is 0 Å². The molecule has 0 aliphatic rings. The quantitative estimate of drug-likeness (QED) is 0.147. The second-order valence-corrected chi connectivity index (χ2v) is 22.1. The lowest BCUT2D eigenvalue weighted by atomic mass is 9.84. The van der Waals surface area contributed by atoms with Crippen LogP contribution in [-0.4, -0.2) is 8.80 Å². The van der Waals surface area contributed by atoms with Gasteiger partial charge in [0.15, 0.2) is 0 Å². The molecule has 6 heterocycles. The molecule has 2 atom stereocenters. The van der Waals surface area contributed by atoms with Crippen LogP contribution in [0.4, 0.5) is 0 Å². The van der Waals surface area contributed by atoms with Crippen LogP contribution in [0, 0.1) is 0 Å². The van der Waals surface area contributed by atoms with Gasteiger partial charge in [0, 0.05) is 95.3 Å². The Morgan fingerprint density at radius 2 is 0.556 bits per heavy atom. The van der Waals surface area contributed by atoms with Gasteiger partial charge in [0.05, 0.1) is 33.1 Å². The minimum atomic E-state index is 0.0838. The van der Waals surface area contributed by atoms with Crippen molar-refractivity contribution < 1.29 is 0 Å². The molecule has 0 saturated carbocycles. The topological polar surface area (TPSA) is 8.82 Å². The zero-order chi connectivity index (χ0) is 46.8. The highest BCUT2D eigenvalue weighted by atomic mass is 32.1. The number of nitrogens with zero attached hydrogens (tertiary/aromatic N) is 2. The van der Waals surface area contributed by atoms with Crippen LogP contribution < -0.4 is 0 Å². The van der Waals surface area contributed by atoms with Gasteiger partial charge in [0.1, 0.15) is 0 Å². The molecule has 6 aromatic heterocycles. The number of thiophene rings is 2. The molecule has 0 amide bonds. The first-order valence-corrected chi connectivity index (χ1v) is 26.6. The predicted molar refractivity (Wildman–Crippen MR) is 309 cm³/mol. The van der Waals surface area contributed by atoms with Crippen molar-refractivity contribution in [3.05, 3.63) is 264 Å². The van der Waals surface area contributed by atoms with E-state index < -0.39 is 0 Å². The van der Waals surface area contributed by atoms with Crippen molar-refractivity contribution >= 4 is 139 Å². The zero-order valence-electron chi connectivity index (χ0n) is 38.8. The highest BCUT2D eigenvalue weighted by Gasteiger charge is 2.26. The number of hydrogen-bond donors (Lipinski definition) is 0. The van der Waals surface area contributed by atoms with Crippen LogP contribution in [0.2, 0.25) is 0 Å². The van der Waals surface area contributed by atoms with E-state index in [4.69, 9.17) is 0 Å². The molecule has 2 unspecified atom stereocenters. The second-order valence-electron chi connectivity index (χ2n) is 19.9. The van der Waals surface area contributed by atoms with E-state index in [0.29, 0.717) is 0 Å². The number of hydrogen-bond acceptors (Lipinski definition) is 2. The van der Waals surface area contributed by atoms with Crippen molar-refractivity contribution in [2.45, 2.75) is 11.8 Å². The fourth-order valence-corrected chi connectivity index (χ4v) is 15.3. The van der Waals surface area contributed by atoms with Crippen molar-refractivity contribution in [1.29, 1.82) is 0 Å². The normalized spacial score (nSPS) is 13.4. The maximum atomic E-state index is 2.55. The molecule has 4 heteroatoms. The number of rotatable bonds is 6. The van der Waals surface area contributed by atoms with Gasteiger partial charge in [0.2, 0.25) is 0 Å². The maximum absolute atomic E-state index is 2.55. The van der Waals surface area contributed by atoms with E-state index in [1.165, 1.54) is 150 Å². The molecule has 334 valence electrons. The Balaban J connectivity index is 0.846. The molecule has 0 radical (unpaired) electrons. The minimum Gasteiger partial charge on any atom is -0.308 e. The summed E-state index contributed by atoms with van der Waals surface area (Å²) in [5.74, 6) is 0.168. The van der Waals surface area contributed by atoms with E-state index in [1.807, 2.05) is 22.7 Å². The van der Waals surface area contributed by atoms with E-state index >= 15 is 0 Å². The Kier molecular flexibility index (Phi) is 7.91. The minimum absolute atomic E-state index is 0.0838. The van der Waals surface area contributed by atoms with Gasteiger partial charge in [-0.25, -0.2) is 0 Å². The second kappa shape index (κ2) is 14.5. The predicted octanol–water partition coefficient (Wildman–Crippen LogP) is 19.1. The smallest absolute Gasteiger partial charge is 0.0620 e. The first-order valence-electron chi connectivity index (χ1n) is 25.0. The Bertz CT molecular complexity index is 4730. The summed E-state index contributed by atoms with van der Waals surface area (Å²) in [5, 5.41) is 15.7. The van der Waals surface area contributed by atoms with Crippen molar-refractivity contribution in [3.63, 3.8) is 0 Å². The van der Waals surface area contributed by atoms with Crippen molar-refractivity contribution in [2.75, 3.05) is 0 Å². The van der Waals surface area contributed by atoms with Gasteiger partial charge in [-0.1, -0.05) is 158 Å². The molecule has 0 saturated heterocycles. The van der Waals surface area contributed by atoms with Crippen LogP contribution in [0.25, 0.3) is 117 Å². The molecule has 11 aromatic carbocycles. The lowest BCUT2D eigenvalue weighted by Crippen LogP contribution is -2.03. The van der Waals surface area contributed by atoms with Crippen LogP contribution in [0.3, 0.4) is 0 Å². The van der Waals surface area contributed by atoms with E-state index in [-0.39, 0.29) is 11.8 Å². The molecule has 0 N–H and O–H groups in total. The van der Waals surface area contributed by atoms with Crippen LogP contribution in [0.1, 0.15) is 45.2 Å². The molecule has 0 aliphatic carbocycles. The molecule has 17 rings (SSSR count). The summed E-state index contributed by atoms with van der Waals surface area (Å²) in [6.07, 6.45) is 0. The molecule has 0 spiro atoms. The first kappa shape index (κ1) is 39.2. The van der Waals surface area contributed by atoms with Gasteiger partial charge >= 0.3 is 0 Å². The summed E-state index contributed by atoms with van der Waals surface area (Å²) in [4.78, 5) is 0. The zero-order valence-corrected chi connectivity index (χ0v) is 40.4. The molecule has 0 bridgehead atoms. The molecule has 0 fully saturated rings.